The predicted molar refractivity (Wildman–Crippen MR) is 95.7 cm³/mol. The molecule has 1 rings (SSSR count). The third kappa shape index (κ3) is 8.60. The Morgan fingerprint density at radius 3 is 2.11 bits per heavy atom. The average molecular weight is 388 g/mol. The molecule has 27 heavy (non-hydrogen) atoms. The van der Waals surface area contributed by atoms with Crippen molar-refractivity contribution in [3.63, 3.8) is 0 Å². The summed E-state index contributed by atoms with van der Waals surface area (Å²) < 4.78 is 26.5. The van der Waals surface area contributed by atoms with Crippen molar-refractivity contribution in [3.05, 3.63) is 0 Å². The number of hydrogen-bond acceptors (Lipinski definition) is 8. The molecule has 1 saturated heterocycles. The Hall–Kier alpha value is -1.83. The molecule has 0 radical (unpaired) electrons. The van der Waals surface area contributed by atoms with E-state index in [1.807, 2.05) is 20.8 Å². The molecule has 0 N–H and O–H groups in total. The molecule has 1 heterocycles. The Bertz CT molecular complexity index is 488. The summed E-state index contributed by atoms with van der Waals surface area (Å²) in [6, 6.07) is 0. The van der Waals surface area contributed by atoms with Crippen molar-refractivity contribution in [2.75, 3.05) is 13.2 Å². The van der Waals surface area contributed by atoms with E-state index in [1.54, 1.807) is 6.92 Å². The molecule has 0 spiro atoms. The highest BCUT2D eigenvalue weighted by Crippen LogP contribution is 2.31. The second-order valence-corrected chi connectivity index (χ2v) is 7.48. The Balaban J connectivity index is 2.62. The molecule has 156 valence electrons. The van der Waals surface area contributed by atoms with Crippen LogP contribution in [0.25, 0.3) is 0 Å². The number of carbonyl (C=O) groups is 3. The number of hydrogen-bond donors (Lipinski definition) is 0. The van der Waals surface area contributed by atoms with E-state index >= 15 is 0 Å². The van der Waals surface area contributed by atoms with Gasteiger partial charge in [-0.15, -0.1) is 0 Å². The average Bonchev–Trinajstić information content (AvgIpc) is 2.57. The van der Waals surface area contributed by atoms with Crippen LogP contribution in [0.2, 0.25) is 0 Å². The molecule has 0 aliphatic carbocycles. The maximum atomic E-state index is 11.6. The van der Waals surface area contributed by atoms with E-state index in [9.17, 15) is 14.4 Å². The van der Waals surface area contributed by atoms with E-state index in [0.717, 1.165) is 12.8 Å². The van der Waals surface area contributed by atoms with E-state index in [0.29, 0.717) is 6.61 Å². The first-order valence-electron chi connectivity index (χ1n) is 9.39. The van der Waals surface area contributed by atoms with Gasteiger partial charge in [0.1, 0.15) is 6.61 Å². The van der Waals surface area contributed by atoms with E-state index in [4.69, 9.17) is 23.7 Å². The lowest BCUT2D eigenvalue weighted by atomic mass is 9.88. The minimum Gasteiger partial charge on any atom is -0.434 e. The van der Waals surface area contributed by atoms with Crippen molar-refractivity contribution in [2.45, 2.75) is 72.9 Å². The molecule has 0 aromatic rings. The fourth-order valence-corrected chi connectivity index (χ4v) is 2.80. The molecule has 4 atom stereocenters. The molecule has 0 unspecified atom stereocenters. The van der Waals surface area contributed by atoms with Crippen molar-refractivity contribution < 1.29 is 38.1 Å². The van der Waals surface area contributed by atoms with Gasteiger partial charge in [-0.1, -0.05) is 27.7 Å². The van der Waals surface area contributed by atoms with Crippen LogP contribution in [0.15, 0.2) is 0 Å². The number of rotatable bonds is 8. The fourth-order valence-electron chi connectivity index (χ4n) is 2.80. The summed E-state index contributed by atoms with van der Waals surface area (Å²) in [6.45, 7) is 10.6. The minimum atomic E-state index is -1.02. The zero-order valence-electron chi connectivity index (χ0n) is 17.1. The summed E-state index contributed by atoms with van der Waals surface area (Å²) in [6.07, 6.45) is -0.784. The topological polar surface area (TPSA) is 97.4 Å². The highest BCUT2D eigenvalue weighted by molar-refractivity contribution is 5.68. The van der Waals surface area contributed by atoms with Crippen LogP contribution in [0.4, 0.5) is 4.79 Å². The van der Waals surface area contributed by atoms with E-state index in [2.05, 4.69) is 0 Å². The van der Waals surface area contributed by atoms with Crippen LogP contribution >= 0.6 is 0 Å². The summed E-state index contributed by atoms with van der Waals surface area (Å²) >= 11 is 0. The van der Waals surface area contributed by atoms with Crippen molar-refractivity contribution in [2.24, 2.45) is 17.8 Å². The number of esters is 2. The van der Waals surface area contributed by atoms with E-state index in [-0.39, 0.29) is 36.6 Å². The second-order valence-electron chi connectivity index (χ2n) is 7.48. The molecular formula is C19H32O8. The largest absolute Gasteiger partial charge is 0.508 e. The molecule has 0 aromatic heterocycles. The van der Waals surface area contributed by atoms with Crippen LogP contribution in [0.3, 0.4) is 0 Å². The monoisotopic (exact) mass is 388 g/mol. The fraction of sp³-hybridized carbons (Fsp3) is 0.842. The first kappa shape index (κ1) is 23.2. The summed E-state index contributed by atoms with van der Waals surface area (Å²) in [5.41, 5.74) is 0. The van der Waals surface area contributed by atoms with Crippen molar-refractivity contribution in [1.82, 2.24) is 0 Å². The molecule has 1 aliphatic rings. The zero-order valence-corrected chi connectivity index (χ0v) is 17.1. The zero-order chi connectivity index (χ0) is 20.6. The van der Waals surface area contributed by atoms with Gasteiger partial charge >= 0.3 is 18.1 Å². The van der Waals surface area contributed by atoms with Crippen LogP contribution in [0, 0.1) is 17.8 Å². The molecule has 0 bridgehead atoms. The molecular weight excluding hydrogens is 356 g/mol. The third-order valence-electron chi connectivity index (χ3n) is 4.37. The SMILES string of the molecule is CC(=O)OC(OC(C)=O)[C@@H](C)[C@@H]1CC[C@H](C)[C@@H](COC(=O)OCC(C)C)O1. The van der Waals surface area contributed by atoms with Gasteiger partial charge in [0.15, 0.2) is 0 Å². The smallest absolute Gasteiger partial charge is 0.434 e. The molecule has 8 nitrogen and oxygen atoms in total. The second kappa shape index (κ2) is 11.1. The molecule has 0 amide bonds. The van der Waals surface area contributed by atoms with Crippen LogP contribution in [-0.2, 0) is 33.3 Å². The molecule has 1 aliphatic heterocycles. The van der Waals surface area contributed by atoms with Gasteiger partial charge in [0.25, 0.3) is 6.29 Å². The summed E-state index contributed by atoms with van der Waals surface area (Å²) in [5, 5.41) is 0. The third-order valence-corrected chi connectivity index (χ3v) is 4.37. The number of ether oxygens (including phenoxy) is 5. The van der Waals surface area contributed by atoms with Gasteiger partial charge in [-0.25, -0.2) is 4.79 Å². The standard InChI is InChI=1S/C19H32O8/c1-11(2)9-23-19(22)24-10-17-12(3)7-8-16(27-17)13(4)18(25-14(5)20)26-15(6)21/h11-13,16-18H,7-10H2,1-6H3/t12-,13-,16-,17+/m0/s1. The lowest BCUT2D eigenvalue weighted by molar-refractivity contribution is -0.213. The summed E-state index contributed by atoms with van der Waals surface area (Å²) in [5.74, 6) is -1.02. The highest BCUT2D eigenvalue weighted by atomic mass is 16.7. The van der Waals surface area contributed by atoms with Crippen molar-refractivity contribution in [3.8, 4) is 0 Å². The first-order valence-corrected chi connectivity index (χ1v) is 9.39. The highest BCUT2D eigenvalue weighted by Gasteiger charge is 2.37. The van der Waals surface area contributed by atoms with E-state index in [1.165, 1.54) is 13.8 Å². The summed E-state index contributed by atoms with van der Waals surface area (Å²) in [7, 11) is 0. The van der Waals surface area contributed by atoms with Crippen LogP contribution in [-0.4, -0.2) is 49.8 Å². The molecule has 8 heteroatoms. The van der Waals surface area contributed by atoms with Gasteiger partial charge in [0.05, 0.1) is 24.7 Å². The molecule has 1 fully saturated rings. The normalized spacial score (nSPS) is 23.6. The Kier molecular flexibility index (Phi) is 9.55. The minimum absolute atomic E-state index is 0.0765. The van der Waals surface area contributed by atoms with Crippen LogP contribution < -0.4 is 0 Å². The van der Waals surface area contributed by atoms with Crippen LogP contribution in [0.5, 0.6) is 0 Å². The maximum absolute atomic E-state index is 11.6. The van der Waals surface area contributed by atoms with Gasteiger partial charge in [-0.3, -0.25) is 9.59 Å². The van der Waals surface area contributed by atoms with Crippen molar-refractivity contribution in [1.29, 1.82) is 0 Å². The van der Waals surface area contributed by atoms with Gasteiger partial charge in [-0.2, -0.15) is 0 Å². The van der Waals surface area contributed by atoms with Crippen LogP contribution in [0.1, 0.15) is 54.4 Å². The molecule has 0 aromatic carbocycles. The predicted octanol–water partition coefficient (Wildman–Crippen LogP) is 3.07. The van der Waals surface area contributed by atoms with Crippen molar-refractivity contribution >= 4 is 18.1 Å². The summed E-state index contributed by atoms with van der Waals surface area (Å²) in [4.78, 5) is 34.2. The molecule has 0 saturated carbocycles. The first-order chi connectivity index (χ1) is 12.6. The van der Waals surface area contributed by atoms with Gasteiger partial charge in [0, 0.05) is 13.8 Å². The lowest BCUT2D eigenvalue weighted by Gasteiger charge is -2.38. The van der Waals surface area contributed by atoms with Gasteiger partial charge < -0.3 is 23.7 Å². The van der Waals surface area contributed by atoms with E-state index < -0.39 is 24.4 Å². The quantitative estimate of drug-likeness (QED) is 0.462. The maximum Gasteiger partial charge on any atom is 0.508 e. The lowest BCUT2D eigenvalue weighted by Crippen LogP contribution is -2.45. The number of carbonyl (C=O) groups excluding carboxylic acids is 3. The van der Waals surface area contributed by atoms with Gasteiger partial charge in [0.2, 0.25) is 0 Å². The Morgan fingerprint density at radius 1 is 1.00 bits per heavy atom. The van der Waals surface area contributed by atoms with Gasteiger partial charge in [-0.05, 0) is 24.7 Å². The Morgan fingerprint density at radius 2 is 1.59 bits per heavy atom. The Labute approximate surface area is 160 Å².